The van der Waals surface area contributed by atoms with Crippen molar-refractivity contribution in [3.8, 4) is 11.5 Å². The molecule has 1 aliphatic carbocycles. The van der Waals surface area contributed by atoms with Crippen LogP contribution in [-0.2, 0) is 21.6 Å². The molecule has 0 saturated heterocycles. The fraction of sp³-hybridized carbons (Fsp3) is 0.364. The summed E-state index contributed by atoms with van der Waals surface area (Å²) in [5, 5.41) is 0. The van der Waals surface area contributed by atoms with E-state index in [-0.39, 0.29) is 12.6 Å². The average Bonchev–Trinajstić information content (AvgIpc) is 3.23. The van der Waals surface area contributed by atoms with Gasteiger partial charge in [-0.2, -0.15) is 0 Å². The van der Waals surface area contributed by atoms with E-state index < -0.39 is 11.3 Å². The second kappa shape index (κ2) is 7.54. The molecule has 1 saturated carbocycles. The third-order valence-corrected chi connectivity index (χ3v) is 5.55. The minimum Gasteiger partial charge on any atom is -0.486 e. The Morgan fingerprint density at radius 2 is 1.64 bits per heavy atom. The van der Waals surface area contributed by atoms with E-state index in [0.717, 1.165) is 36.8 Å². The first kappa shape index (κ1) is 18.3. The normalized spacial score (nSPS) is 17.1. The quantitative estimate of drug-likeness (QED) is 0.804. The van der Waals surface area contributed by atoms with Gasteiger partial charge in [-0.15, -0.1) is 0 Å². The number of amides is 1. The summed E-state index contributed by atoms with van der Waals surface area (Å²) in [6.45, 7) is 1.20. The van der Waals surface area contributed by atoms with Crippen LogP contribution in [0, 0.1) is 0 Å². The van der Waals surface area contributed by atoms with E-state index in [9.17, 15) is 9.59 Å². The molecule has 146 valence electrons. The van der Waals surface area contributed by atoms with Crippen molar-refractivity contribution in [2.75, 3.05) is 13.2 Å². The van der Waals surface area contributed by atoms with Gasteiger partial charge in [0.15, 0.2) is 11.5 Å². The van der Waals surface area contributed by atoms with Crippen molar-refractivity contribution in [1.29, 1.82) is 0 Å². The van der Waals surface area contributed by atoms with Gasteiger partial charge in [0.25, 0.3) is 0 Å². The highest BCUT2D eigenvalue weighted by atomic mass is 16.6. The van der Waals surface area contributed by atoms with Crippen LogP contribution in [0.25, 0.3) is 0 Å². The molecule has 4 rings (SSSR count). The average molecular weight is 381 g/mol. The Balaban J connectivity index is 1.52. The highest BCUT2D eigenvalue weighted by Gasteiger charge is 2.44. The lowest BCUT2D eigenvalue weighted by Crippen LogP contribution is -2.34. The summed E-state index contributed by atoms with van der Waals surface area (Å²) in [5.41, 5.74) is 6.77. The Hall–Kier alpha value is -3.02. The zero-order chi connectivity index (χ0) is 19.6. The Morgan fingerprint density at radius 3 is 2.32 bits per heavy atom. The van der Waals surface area contributed by atoms with E-state index in [1.165, 1.54) is 0 Å². The van der Waals surface area contributed by atoms with Gasteiger partial charge in [0, 0.05) is 5.56 Å². The summed E-state index contributed by atoms with van der Waals surface area (Å²) in [6, 6.07) is 12.5. The van der Waals surface area contributed by atoms with Crippen molar-refractivity contribution in [1.82, 2.24) is 0 Å². The highest BCUT2D eigenvalue weighted by Crippen LogP contribution is 2.45. The summed E-state index contributed by atoms with van der Waals surface area (Å²) in [5.74, 6) is 0.698. The fourth-order valence-electron chi connectivity index (χ4n) is 3.98. The van der Waals surface area contributed by atoms with Crippen molar-refractivity contribution in [3.63, 3.8) is 0 Å². The molecule has 0 aromatic heterocycles. The van der Waals surface area contributed by atoms with Crippen molar-refractivity contribution >= 4 is 11.9 Å². The van der Waals surface area contributed by atoms with Crippen LogP contribution >= 0.6 is 0 Å². The minimum absolute atomic E-state index is 0.157. The molecule has 2 aromatic carbocycles. The van der Waals surface area contributed by atoms with Gasteiger partial charge in [-0.25, -0.2) is 0 Å². The predicted octanol–water partition coefficient (Wildman–Crippen LogP) is 3.11. The van der Waals surface area contributed by atoms with Crippen molar-refractivity contribution in [2.45, 2.75) is 37.7 Å². The second-order valence-corrected chi connectivity index (χ2v) is 7.28. The molecule has 0 spiro atoms. The third kappa shape index (κ3) is 3.42. The van der Waals surface area contributed by atoms with Gasteiger partial charge >= 0.3 is 5.97 Å². The van der Waals surface area contributed by atoms with E-state index >= 15 is 0 Å². The summed E-state index contributed by atoms with van der Waals surface area (Å²) >= 11 is 0. The lowest BCUT2D eigenvalue weighted by molar-refractivity contribution is -0.152. The molecule has 0 unspecified atom stereocenters. The molecule has 6 heteroatoms. The summed E-state index contributed by atoms with van der Waals surface area (Å²) in [7, 11) is 0. The number of primary amides is 1. The number of rotatable bonds is 5. The van der Waals surface area contributed by atoms with Gasteiger partial charge < -0.3 is 19.9 Å². The topological polar surface area (TPSA) is 87.9 Å². The van der Waals surface area contributed by atoms with Crippen molar-refractivity contribution < 1.29 is 23.8 Å². The largest absolute Gasteiger partial charge is 0.486 e. The molecular weight excluding hydrogens is 358 g/mol. The molecule has 0 bridgehead atoms. The molecule has 28 heavy (non-hydrogen) atoms. The molecule has 2 aromatic rings. The lowest BCUT2D eigenvalue weighted by Gasteiger charge is -2.29. The first-order valence-electron chi connectivity index (χ1n) is 9.55. The minimum atomic E-state index is -0.650. The Labute approximate surface area is 163 Å². The van der Waals surface area contributed by atoms with Crippen LogP contribution in [0.3, 0.4) is 0 Å². The monoisotopic (exact) mass is 381 g/mol. The number of esters is 1. The fourth-order valence-corrected chi connectivity index (χ4v) is 3.98. The van der Waals surface area contributed by atoms with Crippen LogP contribution in [0.5, 0.6) is 11.5 Å². The molecule has 6 nitrogen and oxygen atoms in total. The van der Waals surface area contributed by atoms with Crippen LogP contribution in [0.2, 0.25) is 0 Å². The highest BCUT2D eigenvalue weighted by molar-refractivity contribution is 5.92. The van der Waals surface area contributed by atoms with Gasteiger partial charge in [-0.1, -0.05) is 31.0 Å². The number of benzene rings is 2. The van der Waals surface area contributed by atoms with E-state index in [1.807, 2.05) is 18.2 Å². The maximum Gasteiger partial charge on any atom is 0.316 e. The lowest BCUT2D eigenvalue weighted by atomic mass is 9.78. The van der Waals surface area contributed by atoms with Gasteiger partial charge in [-0.3, -0.25) is 9.59 Å². The van der Waals surface area contributed by atoms with Crippen LogP contribution < -0.4 is 15.2 Å². The van der Waals surface area contributed by atoms with E-state index in [1.54, 1.807) is 24.3 Å². The Bertz CT molecular complexity index is 884. The number of carbonyl (C=O) groups excluding carboxylic acids is 2. The van der Waals surface area contributed by atoms with E-state index in [0.29, 0.717) is 30.3 Å². The first-order valence-corrected chi connectivity index (χ1v) is 9.55. The number of fused-ring (bicyclic) bond motifs is 1. The standard InChI is InChI=1S/C22H23NO5/c23-20(24)16-5-3-15(4-6-16)14-28-21(25)22(9-1-2-10-22)17-7-8-18-19(13-17)27-12-11-26-18/h3-8,13H,1-2,9-12,14H2,(H2,23,24). The predicted molar refractivity (Wildman–Crippen MR) is 102 cm³/mol. The molecule has 0 radical (unpaired) electrons. The third-order valence-electron chi connectivity index (χ3n) is 5.55. The smallest absolute Gasteiger partial charge is 0.316 e. The van der Waals surface area contributed by atoms with Crippen LogP contribution in [-0.4, -0.2) is 25.1 Å². The van der Waals surface area contributed by atoms with Gasteiger partial charge in [0.05, 0.1) is 5.41 Å². The SMILES string of the molecule is NC(=O)c1ccc(COC(=O)C2(c3ccc4c(c3)OCCO4)CCCC2)cc1. The first-order chi connectivity index (χ1) is 13.6. The van der Waals surface area contributed by atoms with Gasteiger partial charge in [0.1, 0.15) is 19.8 Å². The number of ether oxygens (including phenoxy) is 3. The maximum atomic E-state index is 13.1. The molecule has 1 fully saturated rings. The van der Waals surface area contributed by atoms with Crippen molar-refractivity contribution in [3.05, 3.63) is 59.2 Å². The molecule has 2 N–H and O–H groups in total. The summed E-state index contributed by atoms with van der Waals surface area (Å²) in [4.78, 5) is 24.3. The zero-order valence-electron chi connectivity index (χ0n) is 15.6. The van der Waals surface area contributed by atoms with Gasteiger partial charge in [0.2, 0.25) is 5.91 Å². The summed E-state index contributed by atoms with van der Waals surface area (Å²) < 4.78 is 17.0. The number of hydrogen-bond acceptors (Lipinski definition) is 5. The Morgan fingerprint density at radius 1 is 0.964 bits per heavy atom. The van der Waals surface area contributed by atoms with Crippen LogP contribution in [0.4, 0.5) is 0 Å². The Kier molecular flexibility index (Phi) is 4.94. The molecule has 1 amide bonds. The molecule has 1 heterocycles. The van der Waals surface area contributed by atoms with E-state index in [2.05, 4.69) is 0 Å². The number of hydrogen-bond donors (Lipinski definition) is 1. The molecule has 1 aliphatic heterocycles. The molecule has 0 atom stereocenters. The number of carbonyl (C=O) groups is 2. The van der Waals surface area contributed by atoms with E-state index in [4.69, 9.17) is 19.9 Å². The van der Waals surface area contributed by atoms with Crippen LogP contribution in [0.15, 0.2) is 42.5 Å². The second-order valence-electron chi connectivity index (χ2n) is 7.28. The number of nitrogens with two attached hydrogens (primary N) is 1. The maximum absolute atomic E-state index is 13.1. The molecule has 2 aliphatic rings. The van der Waals surface area contributed by atoms with Crippen LogP contribution in [0.1, 0.15) is 47.2 Å². The van der Waals surface area contributed by atoms with Crippen molar-refractivity contribution in [2.24, 2.45) is 5.73 Å². The van der Waals surface area contributed by atoms with Gasteiger partial charge in [-0.05, 0) is 48.2 Å². The zero-order valence-corrected chi connectivity index (χ0v) is 15.6. The summed E-state index contributed by atoms with van der Waals surface area (Å²) in [6.07, 6.45) is 3.48. The molecular formula is C22H23NO5.